The van der Waals surface area contributed by atoms with Gasteiger partial charge >= 0.3 is 0 Å². The van der Waals surface area contributed by atoms with E-state index in [1.54, 1.807) is 7.11 Å². The summed E-state index contributed by atoms with van der Waals surface area (Å²) in [5.41, 5.74) is 1.30. The first-order chi connectivity index (χ1) is 11.1. The van der Waals surface area contributed by atoms with Crippen molar-refractivity contribution in [2.45, 2.75) is 39.7 Å². The van der Waals surface area contributed by atoms with Crippen LogP contribution in [0.15, 0.2) is 24.3 Å². The van der Waals surface area contributed by atoms with E-state index in [0.29, 0.717) is 5.91 Å². The Balaban J connectivity index is 1.86. The van der Waals surface area contributed by atoms with Gasteiger partial charge in [0.25, 0.3) is 0 Å². The molecular weight excluding hydrogens is 288 g/mol. The standard InChI is InChI=1S/C19H30N2O2/c1-4-6-16(2)19(22)21-12-5-11-20(13-14-21)15-17-7-9-18(23-3)10-8-17/h7-10,16H,4-6,11-15H2,1-3H3. The van der Waals surface area contributed by atoms with Crippen molar-refractivity contribution in [3.05, 3.63) is 29.8 Å². The van der Waals surface area contributed by atoms with Crippen molar-refractivity contribution in [3.63, 3.8) is 0 Å². The van der Waals surface area contributed by atoms with Crippen molar-refractivity contribution in [2.24, 2.45) is 5.92 Å². The van der Waals surface area contributed by atoms with Crippen molar-refractivity contribution in [1.29, 1.82) is 0 Å². The Labute approximate surface area is 140 Å². The van der Waals surface area contributed by atoms with Gasteiger partial charge in [0.2, 0.25) is 5.91 Å². The Bertz CT molecular complexity index is 487. The molecule has 1 aromatic rings. The fourth-order valence-corrected chi connectivity index (χ4v) is 3.21. The van der Waals surface area contributed by atoms with Crippen LogP contribution in [-0.2, 0) is 11.3 Å². The van der Waals surface area contributed by atoms with Crippen LogP contribution in [0.5, 0.6) is 5.75 Å². The highest BCUT2D eigenvalue weighted by molar-refractivity contribution is 5.78. The number of ether oxygens (including phenoxy) is 1. The first kappa shape index (κ1) is 17.8. The van der Waals surface area contributed by atoms with Crippen LogP contribution < -0.4 is 4.74 Å². The summed E-state index contributed by atoms with van der Waals surface area (Å²) in [5.74, 6) is 1.39. The Kier molecular flexibility index (Phi) is 6.90. The number of nitrogens with zero attached hydrogens (tertiary/aromatic N) is 2. The predicted octanol–water partition coefficient (Wildman–Crippen LogP) is 3.17. The number of hydrogen-bond donors (Lipinski definition) is 0. The van der Waals surface area contributed by atoms with Crippen LogP contribution in [-0.4, -0.2) is 49.0 Å². The van der Waals surface area contributed by atoms with Crippen molar-refractivity contribution < 1.29 is 9.53 Å². The molecule has 0 radical (unpaired) electrons. The van der Waals surface area contributed by atoms with Crippen molar-refractivity contribution in [1.82, 2.24) is 9.80 Å². The molecule has 1 aliphatic rings. The zero-order valence-electron chi connectivity index (χ0n) is 14.8. The monoisotopic (exact) mass is 318 g/mol. The van der Waals surface area contributed by atoms with Crippen LogP contribution in [0.3, 0.4) is 0 Å². The maximum atomic E-state index is 12.5. The summed E-state index contributed by atoms with van der Waals surface area (Å²) in [6, 6.07) is 8.26. The second-order valence-corrected chi connectivity index (χ2v) is 6.49. The number of benzene rings is 1. The summed E-state index contributed by atoms with van der Waals surface area (Å²) in [5, 5.41) is 0. The molecule has 0 saturated carbocycles. The molecule has 1 saturated heterocycles. The molecule has 1 amide bonds. The molecule has 2 rings (SSSR count). The zero-order valence-corrected chi connectivity index (χ0v) is 14.8. The summed E-state index contributed by atoms with van der Waals surface area (Å²) in [7, 11) is 1.69. The molecule has 0 N–H and O–H groups in total. The van der Waals surface area contributed by atoms with Crippen molar-refractivity contribution in [2.75, 3.05) is 33.3 Å². The Morgan fingerprint density at radius 2 is 1.91 bits per heavy atom. The topological polar surface area (TPSA) is 32.8 Å². The Hall–Kier alpha value is -1.55. The van der Waals surface area contributed by atoms with E-state index in [4.69, 9.17) is 4.74 Å². The van der Waals surface area contributed by atoms with Crippen molar-refractivity contribution >= 4 is 5.91 Å². The van der Waals surface area contributed by atoms with Crippen LogP contribution in [0.2, 0.25) is 0 Å². The lowest BCUT2D eigenvalue weighted by Crippen LogP contribution is -2.38. The van der Waals surface area contributed by atoms with Gasteiger partial charge in [0.15, 0.2) is 0 Å². The summed E-state index contributed by atoms with van der Waals surface area (Å²) in [6.07, 6.45) is 3.12. The number of carbonyl (C=O) groups is 1. The third kappa shape index (κ3) is 5.24. The van der Waals surface area contributed by atoms with Gasteiger partial charge in [-0.2, -0.15) is 0 Å². The molecule has 0 aliphatic carbocycles. The van der Waals surface area contributed by atoms with Gasteiger partial charge in [-0.3, -0.25) is 9.69 Å². The van der Waals surface area contributed by atoms with E-state index < -0.39 is 0 Å². The van der Waals surface area contributed by atoms with E-state index in [2.05, 4.69) is 35.8 Å². The number of hydrogen-bond acceptors (Lipinski definition) is 3. The molecular formula is C19H30N2O2. The smallest absolute Gasteiger partial charge is 0.225 e. The second-order valence-electron chi connectivity index (χ2n) is 6.49. The fraction of sp³-hybridized carbons (Fsp3) is 0.632. The van der Waals surface area contributed by atoms with Crippen LogP contribution in [0.1, 0.15) is 38.7 Å². The number of methoxy groups -OCH3 is 1. The highest BCUT2D eigenvalue weighted by Gasteiger charge is 2.22. The quantitative estimate of drug-likeness (QED) is 0.808. The van der Waals surface area contributed by atoms with E-state index in [1.165, 1.54) is 5.56 Å². The minimum absolute atomic E-state index is 0.160. The Morgan fingerprint density at radius 3 is 2.57 bits per heavy atom. The molecule has 0 aromatic heterocycles. The fourth-order valence-electron chi connectivity index (χ4n) is 3.21. The maximum Gasteiger partial charge on any atom is 0.225 e. The van der Waals surface area contributed by atoms with Crippen molar-refractivity contribution in [3.8, 4) is 5.75 Å². The molecule has 4 heteroatoms. The zero-order chi connectivity index (χ0) is 16.7. The van der Waals surface area contributed by atoms with E-state index in [0.717, 1.165) is 57.7 Å². The maximum absolute atomic E-state index is 12.5. The van der Waals surface area contributed by atoms with E-state index in [-0.39, 0.29) is 5.92 Å². The van der Waals surface area contributed by atoms with Crippen LogP contribution >= 0.6 is 0 Å². The summed E-state index contributed by atoms with van der Waals surface area (Å²) >= 11 is 0. The molecule has 23 heavy (non-hydrogen) atoms. The average Bonchev–Trinajstić information content (AvgIpc) is 2.80. The summed E-state index contributed by atoms with van der Waals surface area (Å²) in [4.78, 5) is 17.0. The second kappa shape index (κ2) is 8.92. The first-order valence-corrected chi connectivity index (χ1v) is 8.78. The summed E-state index contributed by atoms with van der Waals surface area (Å²) < 4.78 is 5.20. The van der Waals surface area contributed by atoms with Gasteiger partial charge in [-0.1, -0.05) is 32.4 Å². The van der Waals surface area contributed by atoms with Gasteiger partial charge in [0.1, 0.15) is 5.75 Å². The molecule has 1 heterocycles. The highest BCUT2D eigenvalue weighted by Crippen LogP contribution is 2.16. The lowest BCUT2D eigenvalue weighted by molar-refractivity contribution is -0.135. The van der Waals surface area contributed by atoms with E-state index in [1.807, 2.05) is 12.1 Å². The van der Waals surface area contributed by atoms with Crippen LogP contribution in [0, 0.1) is 5.92 Å². The van der Waals surface area contributed by atoms with Gasteiger partial charge in [-0.15, -0.1) is 0 Å². The third-order valence-corrected chi connectivity index (χ3v) is 4.61. The molecule has 0 spiro atoms. The molecule has 0 bridgehead atoms. The predicted molar refractivity (Wildman–Crippen MR) is 93.5 cm³/mol. The largest absolute Gasteiger partial charge is 0.497 e. The lowest BCUT2D eigenvalue weighted by Gasteiger charge is -2.24. The van der Waals surface area contributed by atoms with E-state index >= 15 is 0 Å². The van der Waals surface area contributed by atoms with Gasteiger partial charge in [-0.05, 0) is 30.5 Å². The molecule has 1 aromatic carbocycles. The lowest BCUT2D eigenvalue weighted by atomic mass is 10.0. The minimum atomic E-state index is 0.160. The first-order valence-electron chi connectivity index (χ1n) is 8.78. The summed E-state index contributed by atoms with van der Waals surface area (Å²) in [6.45, 7) is 8.90. The molecule has 1 atom stereocenters. The SMILES string of the molecule is CCCC(C)C(=O)N1CCCN(Cc2ccc(OC)cc2)CC1. The van der Waals surface area contributed by atoms with Gasteiger partial charge in [0, 0.05) is 38.6 Å². The average molecular weight is 318 g/mol. The Morgan fingerprint density at radius 1 is 1.17 bits per heavy atom. The van der Waals surface area contributed by atoms with Crippen LogP contribution in [0.4, 0.5) is 0 Å². The van der Waals surface area contributed by atoms with E-state index in [9.17, 15) is 4.79 Å². The number of carbonyl (C=O) groups excluding carboxylic acids is 1. The molecule has 4 nitrogen and oxygen atoms in total. The van der Waals surface area contributed by atoms with Gasteiger partial charge in [-0.25, -0.2) is 0 Å². The number of rotatable bonds is 6. The molecule has 1 fully saturated rings. The van der Waals surface area contributed by atoms with Crippen LogP contribution in [0.25, 0.3) is 0 Å². The van der Waals surface area contributed by atoms with Gasteiger partial charge in [0.05, 0.1) is 7.11 Å². The van der Waals surface area contributed by atoms with Gasteiger partial charge < -0.3 is 9.64 Å². The third-order valence-electron chi connectivity index (χ3n) is 4.61. The molecule has 1 aliphatic heterocycles. The minimum Gasteiger partial charge on any atom is -0.497 e. The number of amides is 1. The highest BCUT2D eigenvalue weighted by atomic mass is 16.5. The molecule has 128 valence electrons. The normalized spacial score (nSPS) is 17.6. The molecule has 1 unspecified atom stereocenters.